The van der Waals surface area contributed by atoms with Gasteiger partial charge in [0.05, 0.1) is 13.7 Å². The lowest BCUT2D eigenvalue weighted by atomic mass is 9.86. The van der Waals surface area contributed by atoms with Crippen molar-refractivity contribution in [3.8, 4) is 17.1 Å². The average molecular weight is 454 g/mol. The van der Waals surface area contributed by atoms with Crippen molar-refractivity contribution >= 4 is 5.91 Å². The lowest BCUT2D eigenvalue weighted by Gasteiger charge is -2.25. The summed E-state index contributed by atoms with van der Waals surface area (Å²) in [6.45, 7) is 2.69. The maximum Gasteiger partial charge on any atom is 0.270 e. The molecule has 1 aliphatic carbocycles. The van der Waals surface area contributed by atoms with Crippen molar-refractivity contribution in [2.75, 3.05) is 7.11 Å². The van der Waals surface area contributed by atoms with Crippen molar-refractivity contribution in [2.24, 2.45) is 11.7 Å². The number of nitrogens with zero attached hydrogens (tertiary/aromatic N) is 5. The third-order valence-electron chi connectivity index (χ3n) is 5.81. The number of halogens is 1. The Labute approximate surface area is 191 Å². The summed E-state index contributed by atoms with van der Waals surface area (Å²) in [6, 6.07) is 8.15. The highest BCUT2D eigenvalue weighted by Crippen LogP contribution is 2.24. The molecule has 4 rings (SSSR count). The minimum Gasteiger partial charge on any atom is -0.494 e. The Morgan fingerprint density at radius 1 is 1.30 bits per heavy atom. The minimum absolute atomic E-state index is 0.127. The number of hydrogen-bond acceptors (Lipinski definition) is 7. The standard InChI is InChI=1S/C23H28FN7O2/c1-14-8-17(22-28-30-31(29-22)13-16-4-3-5-18(25)9-16)11-20(27-14)23(32)26-12-15-6-7-19(24)21(10-15)33-2/h6-8,10-11,16,18H,3-5,9,12-13,25H2,1-2H3,(H,26,32)/t16-,18+/m0/s1. The van der Waals surface area contributed by atoms with Crippen molar-refractivity contribution in [1.82, 2.24) is 30.5 Å². The zero-order valence-electron chi connectivity index (χ0n) is 18.8. The number of carbonyl (C=O) groups excluding carboxylic acids is 1. The van der Waals surface area contributed by atoms with Gasteiger partial charge >= 0.3 is 0 Å². The first kappa shape index (κ1) is 22.8. The Morgan fingerprint density at radius 3 is 2.94 bits per heavy atom. The maximum atomic E-state index is 13.6. The summed E-state index contributed by atoms with van der Waals surface area (Å²) in [5, 5.41) is 15.7. The number of methoxy groups -OCH3 is 1. The molecule has 1 saturated carbocycles. The number of benzene rings is 1. The Hall–Kier alpha value is -3.40. The summed E-state index contributed by atoms with van der Waals surface area (Å²) in [5.41, 5.74) is 8.37. The first-order valence-electron chi connectivity index (χ1n) is 11.0. The van der Waals surface area contributed by atoms with Gasteiger partial charge in [-0.3, -0.25) is 4.79 Å². The normalized spacial score (nSPS) is 18.2. The van der Waals surface area contributed by atoms with E-state index in [-0.39, 0.29) is 29.9 Å². The van der Waals surface area contributed by atoms with Gasteiger partial charge < -0.3 is 15.8 Å². The van der Waals surface area contributed by atoms with E-state index in [1.165, 1.54) is 13.2 Å². The number of rotatable bonds is 7. The number of tetrazole rings is 1. The second kappa shape index (κ2) is 10.0. The third kappa shape index (κ3) is 5.70. The number of ether oxygens (including phenoxy) is 1. The van der Waals surface area contributed by atoms with Gasteiger partial charge in [-0.25, -0.2) is 9.37 Å². The van der Waals surface area contributed by atoms with Gasteiger partial charge in [0, 0.05) is 23.8 Å². The van der Waals surface area contributed by atoms with Crippen LogP contribution in [0, 0.1) is 18.7 Å². The second-order valence-corrected chi connectivity index (χ2v) is 8.49. The van der Waals surface area contributed by atoms with Crippen LogP contribution in [0.1, 0.15) is 47.4 Å². The highest BCUT2D eigenvalue weighted by Gasteiger charge is 2.21. The summed E-state index contributed by atoms with van der Waals surface area (Å²) >= 11 is 0. The number of nitrogens with two attached hydrogens (primary N) is 1. The first-order valence-corrected chi connectivity index (χ1v) is 11.0. The predicted octanol–water partition coefficient (Wildman–Crippen LogP) is 2.64. The highest BCUT2D eigenvalue weighted by molar-refractivity contribution is 5.93. The van der Waals surface area contributed by atoms with E-state index in [1.807, 2.05) is 6.07 Å². The fraction of sp³-hybridized carbons (Fsp3) is 0.435. The molecule has 0 saturated heterocycles. The van der Waals surface area contributed by atoms with Crippen LogP contribution in [-0.4, -0.2) is 44.3 Å². The zero-order chi connectivity index (χ0) is 23.4. The first-order chi connectivity index (χ1) is 15.9. The lowest BCUT2D eigenvalue weighted by Crippen LogP contribution is -2.30. The van der Waals surface area contributed by atoms with Crippen LogP contribution < -0.4 is 15.8 Å². The number of aryl methyl sites for hydroxylation is 1. The molecular weight excluding hydrogens is 425 g/mol. The molecule has 2 aromatic heterocycles. The van der Waals surface area contributed by atoms with E-state index in [2.05, 4.69) is 25.7 Å². The molecule has 33 heavy (non-hydrogen) atoms. The smallest absolute Gasteiger partial charge is 0.270 e. The summed E-state index contributed by atoms with van der Waals surface area (Å²) in [5.74, 6) is 0.206. The fourth-order valence-electron chi connectivity index (χ4n) is 4.17. The third-order valence-corrected chi connectivity index (χ3v) is 5.81. The van der Waals surface area contributed by atoms with Crippen molar-refractivity contribution in [3.63, 3.8) is 0 Å². The van der Waals surface area contributed by atoms with Gasteiger partial charge in [0.1, 0.15) is 5.69 Å². The molecule has 3 N–H and O–H groups in total. The van der Waals surface area contributed by atoms with E-state index in [0.29, 0.717) is 35.1 Å². The largest absolute Gasteiger partial charge is 0.494 e. The van der Waals surface area contributed by atoms with Crippen molar-refractivity contribution in [1.29, 1.82) is 0 Å². The number of pyridine rings is 1. The Balaban J connectivity index is 1.44. The van der Waals surface area contributed by atoms with Gasteiger partial charge in [-0.2, -0.15) is 4.80 Å². The number of nitrogens with one attached hydrogen (secondary N) is 1. The van der Waals surface area contributed by atoms with E-state index < -0.39 is 5.82 Å². The second-order valence-electron chi connectivity index (χ2n) is 8.49. The SMILES string of the molecule is COc1cc(CNC(=O)c2cc(-c3nnn(C[C@H]4CCC[C@@H](N)C4)n3)cc(C)n2)ccc1F. The monoisotopic (exact) mass is 453 g/mol. The molecule has 2 heterocycles. The number of amides is 1. The number of aromatic nitrogens is 5. The Morgan fingerprint density at radius 2 is 2.15 bits per heavy atom. The average Bonchev–Trinajstić information content (AvgIpc) is 3.26. The van der Waals surface area contributed by atoms with Crippen LogP contribution in [0.15, 0.2) is 30.3 Å². The van der Waals surface area contributed by atoms with Gasteiger partial charge in [-0.15, -0.1) is 10.2 Å². The van der Waals surface area contributed by atoms with Gasteiger partial charge in [-0.05, 0) is 67.1 Å². The summed E-state index contributed by atoms with van der Waals surface area (Å²) in [4.78, 5) is 18.7. The molecule has 10 heteroatoms. The number of carbonyl (C=O) groups is 1. The Kier molecular flexibility index (Phi) is 6.93. The van der Waals surface area contributed by atoms with E-state index in [9.17, 15) is 9.18 Å². The highest BCUT2D eigenvalue weighted by atomic mass is 19.1. The van der Waals surface area contributed by atoms with Crippen molar-refractivity contribution in [2.45, 2.75) is 51.7 Å². The molecule has 9 nitrogen and oxygen atoms in total. The van der Waals surface area contributed by atoms with Crippen LogP contribution in [0.25, 0.3) is 11.4 Å². The molecule has 3 aromatic rings. The van der Waals surface area contributed by atoms with Gasteiger partial charge in [0.15, 0.2) is 11.6 Å². The van der Waals surface area contributed by atoms with Gasteiger partial charge in [0.2, 0.25) is 5.82 Å². The topological polar surface area (TPSA) is 121 Å². The molecule has 0 bridgehead atoms. The summed E-state index contributed by atoms with van der Waals surface area (Å²) in [6.07, 6.45) is 4.28. The molecule has 0 radical (unpaired) electrons. The molecule has 1 aliphatic rings. The molecule has 1 fully saturated rings. The molecule has 0 spiro atoms. The van der Waals surface area contributed by atoms with Crippen molar-refractivity contribution < 1.29 is 13.9 Å². The van der Waals surface area contributed by atoms with Crippen LogP contribution >= 0.6 is 0 Å². The molecule has 1 aromatic carbocycles. The van der Waals surface area contributed by atoms with Crippen LogP contribution in [0.2, 0.25) is 0 Å². The lowest BCUT2D eigenvalue weighted by molar-refractivity contribution is 0.0945. The van der Waals surface area contributed by atoms with E-state index in [4.69, 9.17) is 10.5 Å². The number of hydrogen-bond donors (Lipinski definition) is 2. The maximum absolute atomic E-state index is 13.6. The van der Waals surface area contributed by atoms with E-state index in [0.717, 1.165) is 25.7 Å². The fourth-order valence-corrected chi connectivity index (χ4v) is 4.17. The molecule has 0 unspecified atom stereocenters. The van der Waals surface area contributed by atoms with Crippen molar-refractivity contribution in [3.05, 3.63) is 53.1 Å². The molecule has 174 valence electrons. The molecular formula is C23H28FN7O2. The Bertz CT molecular complexity index is 1130. The van der Waals surface area contributed by atoms with Crippen LogP contribution in [0.3, 0.4) is 0 Å². The summed E-state index contributed by atoms with van der Waals surface area (Å²) < 4.78 is 18.6. The van der Waals surface area contributed by atoms with Crippen LogP contribution in [0.4, 0.5) is 4.39 Å². The minimum atomic E-state index is -0.454. The van der Waals surface area contributed by atoms with E-state index in [1.54, 1.807) is 29.9 Å². The van der Waals surface area contributed by atoms with Gasteiger partial charge in [-0.1, -0.05) is 12.5 Å². The van der Waals surface area contributed by atoms with E-state index >= 15 is 0 Å². The molecule has 0 aliphatic heterocycles. The van der Waals surface area contributed by atoms with Crippen LogP contribution in [-0.2, 0) is 13.1 Å². The molecule has 2 atom stereocenters. The quantitative estimate of drug-likeness (QED) is 0.564. The van der Waals surface area contributed by atoms with Gasteiger partial charge in [0.25, 0.3) is 5.91 Å². The zero-order valence-corrected chi connectivity index (χ0v) is 18.8. The predicted molar refractivity (Wildman–Crippen MR) is 120 cm³/mol. The van der Waals surface area contributed by atoms with Crippen LogP contribution in [0.5, 0.6) is 5.75 Å². The summed E-state index contributed by atoms with van der Waals surface area (Å²) in [7, 11) is 1.40. The molecule has 1 amide bonds.